The minimum Gasteiger partial charge on any atom is -0.461 e. The standard InChI is InChI=1S/C17H20N4O2/c1-21-9-8-18-11-14(21)17-19-16(23-20-17)7-6-13-10-12-4-2-3-5-15(12)22-13/h2-5,10,14,18H,6-9,11H2,1H3. The molecule has 1 aliphatic rings. The van der Waals surface area contributed by atoms with Gasteiger partial charge in [-0.05, 0) is 19.2 Å². The topological polar surface area (TPSA) is 67.3 Å². The zero-order valence-corrected chi connectivity index (χ0v) is 13.2. The van der Waals surface area contributed by atoms with Gasteiger partial charge in [-0.1, -0.05) is 23.4 Å². The van der Waals surface area contributed by atoms with E-state index < -0.39 is 0 Å². The van der Waals surface area contributed by atoms with E-state index >= 15 is 0 Å². The molecule has 0 spiro atoms. The van der Waals surface area contributed by atoms with Crippen molar-refractivity contribution in [3.63, 3.8) is 0 Å². The lowest BCUT2D eigenvalue weighted by Crippen LogP contribution is -2.44. The van der Waals surface area contributed by atoms with Gasteiger partial charge in [-0.2, -0.15) is 4.98 Å². The van der Waals surface area contributed by atoms with Crippen molar-refractivity contribution in [2.24, 2.45) is 0 Å². The number of nitrogens with one attached hydrogen (secondary N) is 1. The van der Waals surface area contributed by atoms with Crippen LogP contribution in [0.5, 0.6) is 0 Å². The van der Waals surface area contributed by atoms with Crippen LogP contribution in [0.15, 0.2) is 39.3 Å². The van der Waals surface area contributed by atoms with Crippen molar-refractivity contribution < 1.29 is 8.94 Å². The maximum Gasteiger partial charge on any atom is 0.227 e. The first-order valence-corrected chi connectivity index (χ1v) is 8.00. The van der Waals surface area contributed by atoms with Crippen LogP contribution in [0.4, 0.5) is 0 Å². The molecule has 1 aromatic carbocycles. The molecular weight excluding hydrogens is 292 g/mol. The van der Waals surface area contributed by atoms with Gasteiger partial charge in [0, 0.05) is 37.9 Å². The van der Waals surface area contributed by atoms with E-state index in [1.165, 1.54) is 0 Å². The number of aryl methyl sites for hydroxylation is 2. The molecule has 1 unspecified atom stereocenters. The maximum absolute atomic E-state index is 5.82. The molecule has 1 atom stereocenters. The third-order valence-corrected chi connectivity index (χ3v) is 4.35. The largest absolute Gasteiger partial charge is 0.461 e. The molecule has 0 aliphatic carbocycles. The van der Waals surface area contributed by atoms with Crippen LogP contribution in [0.25, 0.3) is 11.0 Å². The third-order valence-electron chi connectivity index (χ3n) is 4.35. The lowest BCUT2D eigenvalue weighted by Gasteiger charge is -2.30. The Hall–Kier alpha value is -2.18. The number of piperazine rings is 1. The second kappa shape index (κ2) is 6.14. The first-order valence-electron chi connectivity index (χ1n) is 8.00. The van der Waals surface area contributed by atoms with E-state index in [1.54, 1.807) is 0 Å². The lowest BCUT2D eigenvalue weighted by molar-refractivity contribution is 0.190. The van der Waals surface area contributed by atoms with Crippen molar-refractivity contribution in [2.45, 2.75) is 18.9 Å². The molecule has 23 heavy (non-hydrogen) atoms. The van der Waals surface area contributed by atoms with E-state index in [0.29, 0.717) is 12.3 Å². The van der Waals surface area contributed by atoms with Gasteiger partial charge in [-0.15, -0.1) is 0 Å². The van der Waals surface area contributed by atoms with Gasteiger partial charge in [0.25, 0.3) is 0 Å². The van der Waals surface area contributed by atoms with Crippen molar-refractivity contribution in [2.75, 3.05) is 26.7 Å². The number of hydrogen-bond donors (Lipinski definition) is 1. The predicted molar refractivity (Wildman–Crippen MR) is 86.2 cm³/mol. The van der Waals surface area contributed by atoms with Gasteiger partial charge in [0.2, 0.25) is 5.89 Å². The molecule has 6 heteroatoms. The molecule has 0 radical (unpaired) electrons. The van der Waals surface area contributed by atoms with Crippen molar-refractivity contribution in [3.8, 4) is 0 Å². The summed E-state index contributed by atoms with van der Waals surface area (Å²) in [4.78, 5) is 6.81. The van der Waals surface area contributed by atoms with Crippen LogP contribution in [0.2, 0.25) is 0 Å². The Morgan fingerprint density at radius 3 is 3.09 bits per heavy atom. The highest BCUT2D eigenvalue weighted by molar-refractivity contribution is 5.77. The normalized spacial score (nSPS) is 19.4. The van der Waals surface area contributed by atoms with Crippen molar-refractivity contribution in [1.29, 1.82) is 0 Å². The summed E-state index contributed by atoms with van der Waals surface area (Å²) in [7, 11) is 2.09. The van der Waals surface area contributed by atoms with Crippen LogP contribution < -0.4 is 5.32 Å². The van der Waals surface area contributed by atoms with Crippen LogP contribution in [0.3, 0.4) is 0 Å². The van der Waals surface area contributed by atoms with Gasteiger partial charge in [0.15, 0.2) is 5.82 Å². The molecule has 1 saturated heterocycles. The van der Waals surface area contributed by atoms with E-state index in [1.807, 2.05) is 18.2 Å². The molecule has 1 aliphatic heterocycles. The fourth-order valence-corrected chi connectivity index (χ4v) is 2.99. The Bertz CT molecular complexity index is 762. The van der Waals surface area contributed by atoms with Crippen LogP contribution in [0, 0.1) is 0 Å². The molecule has 0 bridgehead atoms. The van der Waals surface area contributed by atoms with Crippen LogP contribution >= 0.6 is 0 Å². The fourth-order valence-electron chi connectivity index (χ4n) is 2.99. The third kappa shape index (κ3) is 3.00. The molecule has 1 fully saturated rings. The smallest absolute Gasteiger partial charge is 0.227 e. The van der Waals surface area contributed by atoms with E-state index in [0.717, 1.165) is 48.6 Å². The summed E-state index contributed by atoms with van der Waals surface area (Å²) in [5.74, 6) is 2.38. The molecule has 3 heterocycles. The number of likely N-dealkylation sites (N-methyl/N-ethyl adjacent to an activating group) is 1. The Kier molecular flexibility index (Phi) is 3.85. The van der Waals surface area contributed by atoms with Crippen LogP contribution in [0.1, 0.15) is 23.5 Å². The SMILES string of the molecule is CN1CCNCC1c1noc(CCc2cc3ccccc3o2)n1. The summed E-state index contributed by atoms with van der Waals surface area (Å²) < 4.78 is 11.2. The summed E-state index contributed by atoms with van der Waals surface area (Å²) >= 11 is 0. The Morgan fingerprint density at radius 2 is 2.22 bits per heavy atom. The maximum atomic E-state index is 5.82. The Labute approximate surface area is 134 Å². The van der Waals surface area contributed by atoms with Crippen LogP contribution in [-0.4, -0.2) is 41.7 Å². The van der Waals surface area contributed by atoms with Gasteiger partial charge in [0.05, 0.1) is 6.04 Å². The molecule has 120 valence electrons. The first-order chi connectivity index (χ1) is 11.3. The van der Waals surface area contributed by atoms with E-state index in [9.17, 15) is 0 Å². The number of hydrogen-bond acceptors (Lipinski definition) is 6. The molecule has 2 aromatic heterocycles. The van der Waals surface area contributed by atoms with Gasteiger partial charge in [-0.3, -0.25) is 4.90 Å². The van der Waals surface area contributed by atoms with Gasteiger partial charge in [-0.25, -0.2) is 0 Å². The van der Waals surface area contributed by atoms with Gasteiger partial charge < -0.3 is 14.3 Å². The van der Waals surface area contributed by atoms with Crippen LogP contribution in [-0.2, 0) is 12.8 Å². The average Bonchev–Trinajstić information content (AvgIpc) is 3.19. The summed E-state index contributed by atoms with van der Waals surface area (Å²) in [5, 5.41) is 8.64. The number of benzene rings is 1. The number of para-hydroxylation sites is 1. The summed E-state index contributed by atoms with van der Waals surface area (Å²) in [6.45, 7) is 2.86. The number of furan rings is 1. The van der Waals surface area contributed by atoms with Crippen molar-refractivity contribution >= 4 is 11.0 Å². The second-order valence-corrected chi connectivity index (χ2v) is 6.00. The highest BCUT2D eigenvalue weighted by atomic mass is 16.5. The quantitative estimate of drug-likeness (QED) is 0.796. The fraction of sp³-hybridized carbons (Fsp3) is 0.412. The molecule has 4 rings (SSSR count). The first kappa shape index (κ1) is 14.4. The van der Waals surface area contributed by atoms with E-state index in [4.69, 9.17) is 8.94 Å². The monoisotopic (exact) mass is 312 g/mol. The summed E-state index contributed by atoms with van der Waals surface area (Å²) in [6.07, 6.45) is 1.45. The molecule has 0 saturated carbocycles. The number of nitrogens with zero attached hydrogens (tertiary/aromatic N) is 3. The zero-order valence-electron chi connectivity index (χ0n) is 13.2. The number of rotatable bonds is 4. The predicted octanol–water partition coefficient (Wildman–Crippen LogP) is 2.18. The highest BCUT2D eigenvalue weighted by Gasteiger charge is 2.25. The molecule has 0 amide bonds. The molecular formula is C17H20N4O2. The zero-order chi connectivity index (χ0) is 15.6. The summed E-state index contributed by atoms with van der Waals surface area (Å²) in [6, 6.07) is 10.3. The van der Waals surface area contributed by atoms with E-state index in [2.05, 4.69) is 39.5 Å². The highest BCUT2D eigenvalue weighted by Crippen LogP contribution is 2.21. The van der Waals surface area contributed by atoms with Gasteiger partial charge in [0.1, 0.15) is 11.3 Å². The average molecular weight is 312 g/mol. The number of aromatic nitrogens is 2. The van der Waals surface area contributed by atoms with E-state index in [-0.39, 0.29) is 6.04 Å². The Balaban J connectivity index is 1.43. The molecule has 3 aromatic rings. The molecule has 6 nitrogen and oxygen atoms in total. The van der Waals surface area contributed by atoms with Crippen molar-refractivity contribution in [1.82, 2.24) is 20.4 Å². The van der Waals surface area contributed by atoms with Gasteiger partial charge >= 0.3 is 0 Å². The molecule has 1 N–H and O–H groups in total. The minimum absolute atomic E-state index is 0.187. The second-order valence-electron chi connectivity index (χ2n) is 6.00. The number of fused-ring (bicyclic) bond motifs is 1. The summed E-state index contributed by atoms with van der Waals surface area (Å²) in [5.41, 5.74) is 0.920. The Morgan fingerprint density at radius 1 is 1.30 bits per heavy atom. The minimum atomic E-state index is 0.187. The lowest BCUT2D eigenvalue weighted by atomic mass is 10.2. The van der Waals surface area contributed by atoms with Crippen molar-refractivity contribution in [3.05, 3.63) is 47.8 Å².